The summed E-state index contributed by atoms with van der Waals surface area (Å²) < 4.78 is 1.78. The fourth-order valence-corrected chi connectivity index (χ4v) is 3.21. The van der Waals surface area contributed by atoms with E-state index in [2.05, 4.69) is 10.4 Å². The first-order valence-electron chi connectivity index (χ1n) is 7.34. The minimum absolute atomic E-state index is 0.0293. The van der Waals surface area contributed by atoms with Crippen LogP contribution in [0.25, 0.3) is 0 Å². The van der Waals surface area contributed by atoms with Gasteiger partial charge in [0.25, 0.3) is 0 Å². The second-order valence-electron chi connectivity index (χ2n) is 5.98. The van der Waals surface area contributed by atoms with E-state index in [0.717, 1.165) is 23.4 Å². The summed E-state index contributed by atoms with van der Waals surface area (Å²) in [6, 6.07) is -0.0293. The van der Waals surface area contributed by atoms with Gasteiger partial charge in [-0.05, 0) is 40.0 Å². The third-order valence-electron chi connectivity index (χ3n) is 4.52. The molecule has 0 radical (unpaired) electrons. The van der Waals surface area contributed by atoms with Gasteiger partial charge in [-0.2, -0.15) is 5.10 Å². The Kier molecular flexibility index (Phi) is 4.34. The molecule has 1 aromatic heterocycles. The predicted octanol–water partition coefficient (Wildman–Crippen LogP) is 1.51. The number of carboxylic acids is 1. The van der Waals surface area contributed by atoms with Gasteiger partial charge in [-0.3, -0.25) is 14.3 Å². The van der Waals surface area contributed by atoms with Crippen molar-refractivity contribution in [3.8, 4) is 0 Å². The van der Waals surface area contributed by atoms with Gasteiger partial charge in [-0.1, -0.05) is 0 Å². The third kappa shape index (κ3) is 3.09. The van der Waals surface area contributed by atoms with Crippen molar-refractivity contribution in [2.45, 2.75) is 52.0 Å². The number of aromatic nitrogens is 2. The Labute approximate surface area is 124 Å². The van der Waals surface area contributed by atoms with Crippen LogP contribution in [0.15, 0.2) is 0 Å². The summed E-state index contributed by atoms with van der Waals surface area (Å²) in [5.41, 5.74) is 2.82. The molecule has 1 unspecified atom stereocenters. The molecule has 0 bridgehead atoms. The van der Waals surface area contributed by atoms with Crippen molar-refractivity contribution in [1.29, 1.82) is 0 Å². The molecule has 6 nitrogen and oxygen atoms in total. The van der Waals surface area contributed by atoms with Gasteiger partial charge in [0.2, 0.25) is 5.91 Å². The molecule has 0 saturated heterocycles. The summed E-state index contributed by atoms with van der Waals surface area (Å²) >= 11 is 0. The number of rotatable bonds is 4. The van der Waals surface area contributed by atoms with E-state index >= 15 is 0 Å². The van der Waals surface area contributed by atoms with Crippen LogP contribution >= 0.6 is 0 Å². The lowest BCUT2D eigenvalue weighted by Gasteiger charge is -2.17. The van der Waals surface area contributed by atoms with E-state index in [1.807, 2.05) is 27.8 Å². The first-order valence-corrected chi connectivity index (χ1v) is 7.34. The fraction of sp³-hybridized carbons (Fsp3) is 0.667. The normalized spacial score (nSPS) is 23.0. The molecule has 0 spiro atoms. The summed E-state index contributed by atoms with van der Waals surface area (Å²) in [6.45, 7) is 5.73. The van der Waals surface area contributed by atoms with E-state index < -0.39 is 5.97 Å². The molecule has 2 N–H and O–H groups in total. The van der Waals surface area contributed by atoms with Crippen molar-refractivity contribution < 1.29 is 14.7 Å². The number of hydrogen-bond acceptors (Lipinski definition) is 3. The van der Waals surface area contributed by atoms with Gasteiger partial charge in [0.05, 0.1) is 17.5 Å². The molecule has 3 atom stereocenters. The van der Waals surface area contributed by atoms with Gasteiger partial charge in [0, 0.05) is 24.3 Å². The van der Waals surface area contributed by atoms with Gasteiger partial charge < -0.3 is 10.4 Å². The standard InChI is InChI=1S/C15H23N3O3/c1-8(13-9(2)17-18(4)10(13)3)14(19)16-12-6-5-11(7-12)15(20)21/h8,11-12H,5-7H2,1-4H3,(H,16,19)(H,20,21)/t8?,11-,12+/m1/s1. The van der Waals surface area contributed by atoms with Gasteiger partial charge >= 0.3 is 5.97 Å². The Morgan fingerprint density at radius 1 is 1.38 bits per heavy atom. The molecule has 1 heterocycles. The maximum atomic E-state index is 12.4. The van der Waals surface area contributed by atoms with Gasteiger partial charge in [0.1, 0.15) is 0 Å². The highest BCUT2D eigenvalue weighted by Crippen LogP contribution is 2.27. The number of carbonyl (C=O) groups is 2. The maximum Gasteiger partial charge on any atom is 0.306 e. The number of carboxylic acid groups (broad SMARTS) is 1. The zero-order valence-electron chi connectivity index (χ0n) is 13.0. The third-order valence-corrected chi connectivity index (χ3v) is 4.52. The Balaban J connectivity index is 2.02. The Hall–Kier alpha value is -1.85. The smallest absolute Gasteiger partial charge is 0.306 e. The van der Waals surface area contributed by atoms with Crippen molar-refractivity contribution in [3.05, 3.63) is 17.0 Å². The van der Waals surface area contributed by atoms with E-state index in [9.17, 15) is 9.59 Å². The second-order valence-corrected chi connectivity index (χ2v) is 5.98. The van der Waals surface area contributed by atoms with E-state index in [1.165, 1.54) is 0 Å². The molecule has 0 aliphatic heterocycles. The molecule has 1 aromatic rings. The van der Waals surface area contributed by atoms with Crippen LogP contribution < -0.4 is 5.32 Å². The first-order chi connectivity index (χ1) is 9.81. The summed E-state index contributed by atoms with van der Waals surface area (Å²) in [5, 5.41) is 16.3. The molecule has 21 heavy (non-hydrogen) atoms. The maximum absolute atomic E-state index is 12.4. The molecule has 2 rings (SSSR count). The van der Waals surface area contributed by atoms with E-state index in [0.29, 0.717) is 12.8 Å². The lowest BCUT2D eigenvalue weighted by atomic mass is 9.97. The van der Waals surface area contributed by atoms with Crippen LogP contribution in [-0.2, 0) is 16.6 Å². The highest BCUT2D eigenvalue weighted by molar-refractivity contribution is 5.84. The number of aryl methyl sites for hydroxylation is 2. The summed E-state index contributed by atoms with van der Waals surface area (Å²) in [6.07, 6.45) is 1.90. The molecule has 1 fully saturated rings. The molecule has 1 amide bonds. The number of nitrogens with one attached hydrogen (secondary N) is 1. The van der Waals surface area contributed by atoms with Crippen LogP contribution in [0, 0.1) is 19.8 Å². The molecule has 0 aromatic carbocycles. The quantitative estimate of drug-likeness (QED) is 0.881. The van der Waals surface area contributed by atoms with E-state index in [-0.39, 0.29) is 23.8 Å². The van der Waals surface area contributed by atoms with E-state index in [4.69, 9.17) is 5.11 Å². The zero-order valence-corrected chi connectivity index (χ0v) is 13.0. The number of carbonyl (C=O) groups excluding carboxylic acids is 1. The Morgan fingerprint density at radius 3 is 2.52 bits per heavy atom. The average Bonchev–Trinajstić information content (AvgIpc) is 2.95. The van der Waals surface area contributed by atoms with Crippen molar-refractivity contribution in [2.24, 2.45) is 13.0 Å². The van der Waals surface area contributed by atoms with Gasteiger partial charge in [-0.15, -0.1) is 0 Å². The lowest BCUT2D eigenvalue weighted by Crippen LogP contribution is -2.36. The van der Waals surface area contributed by atoms with Gasteiger partial charge in [0.15, 0.2) is 0 Å². The van der Waals surface area contributed by atoms with Crippen molar-refractivity contribution in [1.82, 2.24) is 15.1 Å². The minimum atomic E-state index is -0.765. The monoisotopic (exact) mass is 293 g/mol. The van der Waals surface area contributed by atoms with E-state index in [1.54, 1.807) is 4.68 Å². The number of amides is 1. The average molecular weight is 293 g/mol. The molecule has 116 valence electrons. The first kappa shape index (κ1) is 15.5. The molecular formula is C15H23N3O3. The van der Waals surface area contributed by atoms with Crippen LogP contribution in [0.3, 0.4) is 0 Å². The minimum Gasteiger partial charge on any atom is -0.481 e. The predicted molar refractivity (Wildman–Crippen MR) is 78.0 cm³/mol. The number of nitrogens with zero attached hydrogens (tertiary/aromatic N) is 2. The molecule has 1 saturated carbocycles. The number of aliphatic carboxylic acids is 1. The lowest BCUT2D eigenvalue weighted by molar-refractivity contribution is -0.141. The van der Waals surface area contributed by atoms with Crippen molar-refractivity contribution in [2.75, 3.05) is 0 Å². The largest absolute Gasteiger partial charge is 0.481 e. The molecule has 1 aliphatic rings. The van der Waals surface area contributed by atoms with Crippen LogP contribution in [0.5, 0.6) is 0 Å². The van der Waals surface area contributed by atoms with Crippen LogP contribution in [0.2, 0.25) is 0 Å². The SMILES string of the molecule is Cc1nn(C)c(C)c1C(C)C(=O)N[C@H]1CC[C@@H](C(=O)O)C1. The Morgan fingerprint density at radius 2 is 2.05 bits per heavy atom. The summed E-state index contributed by atoms with van der Waals surface area (Å²) in [4.78, 5) is 23.4. The molecule has 1 aliphatic carbocycles. The van der Waals surface area contributed by atoms with Gasteiger partial charge in [-0.25, -0.2) is 0 Å². The molecular weight excluding hydrogens is 270 g/mol. The summed E-state index contributed by atoms with van der Waals surface area (Å²) in [5.74, 6) is -1.42. The van der Waals surface area contributed by atoms with Crippen LogP contribution in [-0.4, -0.2) is 32.8 Å². The van der Waals surface area contributed by atoms with Crippen LogP contribution in [0.4, 0.5) is 0 Å². The summed E-state index contributed by atoms with van der Waals surface area (Å²) in [7, 11) is 1.87. The fourth-order valence-electron chi connectivity index (χ4n) is 3.21. The zero-order chi connectivity index (χ0) is 15.7. The Bertz CT molecular complexity index is 565. The second kappa shape index (κ2) is 5.87. The van der Waals surface area contributed by atoms with Crippen molar-refractivity contribution in [3.63, 3.8) is 0 Å². The number of hydrogen-bond donors (Lipinski definition) is 2. The molecule has 6 heteroatoms. The highest BCUT2D eigenvalue weighted by Gasteiger charge is 2.32. The van der Waals surface area contributed by atoms with Crippen LogP contribution in [0.1, 0.15) is 49.1 Å². The van der Waals surface area contributed by atoms with Crippen molar-refractivity contribution >= 4 is 11.9 Å². The highest BCUT2D eigenvalue weighted by atomic mass is 16.4. The topological polar surface area (TPSA) is 84.2 Å².